The van der Waals surface area contributed by atoms with Crippen molar-refractivity contribution in [1.29, 1.82) is 0 Å². The summed E-state index contributed by atoms with van der Waals surface area (Å²) in [6, 6.07) is 3.69. The van der Waals surface area contributed by atoms with Gasteiger partial charge in [-0.2, -0.15) is 0 Å². The Morgan fingerprint density at radius 1 is 1.19 bits per heavy atom. The molecule has 1 aliphatic heterocycles. The molecule has 16 heavy (non-hydrogen) atoms. The fraction of sp³-hybridized carbons (Fsp3) is 0.500. The van der Waals surface area contributed by atoms with Gasteiger partial charge in [-0.3, -0.25) is 4.90 Å². The van der Waals surface area contributed by atoms with E-state index < -0.39 is 0 Å². The molecular formula is C12H17NO3. The summed E-state index contributed by atoms with van der Waals surface area (Å²) in [6.45, 7) is 5.63. The van der Waals surface area contributed by atoms with Crippen molar-refractivity contribution in [2.24, 2.45) is 0 Å². The Kier molecular flexibility index (Phi) is 3.31. The maximum absolute atomic E-state index is 9.80. The van der Waals surface area contributed by atoms with E-state index in [9.17, 15) is 10.2 Å². The van der Waals surface area contributed by atoms with Crippen molar-refractivity contribution in [2.45, 2.75) is 13.5 Å². The third kappa shape index (κ3) is 2.28. The van der Waals surface area contributed by atoms with Crippen LogP contribution in [0.25, 0.3) is 0 Å². The van der Waals surface area contributed by atoms with Gasteiger partial charge >= 0.3 is 0 Å². The molecule has 88 valence electrons. The number of phenolic OH excluding ortho intramolecular Hbond substituents is 2. The fourth-order valence-electron chi connectivity index (χ4n) is 1.85. The van der Waals surface area contributed by atoms with Crippen LogP contribution in [0.1, 0.15) is 11.1 Å². The second-order valence-corrected chi connectivity index (χ2v) is 4.13. The number of morpholine rings is 1. The van der Waals surface area contributed by atoms with Crippen LogP contribution in [-0.2, 0) is 11.3 Å². The van der Waals surface area contributed by atoms with Crippen LogP contribution in [-0.4, -0.2) is 41.4 Å². The van der Waals surface area contributed by atoms with Gasteiger partial charge in [0.2, 0.25) is 0 Å². The molecular weight excluding hydrogens is 206 g/mol. The van der Waals surface area contributed by atoms with Gasteiger partial charge in [0.05, 0.1) is 13.2 Å². The molecule has 1 saturated heterocycles. The third-order valence-corrected chi connectivity index (χ3v) is 2.93. The topological polar surface area (TPSA) is 52.9 Å². The minimum Gasteiger partial charge on any atom is -0.504 e. The number of benzene rings is 1. The molecule has 0 radical (unpaired) electrons. The molecule has 4 nitrogen and oxygen atoms in total. The number of hydrogen-bond acceptors (Lipinski definition) is 4. The second-order valence-electron chi connectivity index (χ2n) is 4.13. The average molecular weight is 223 g/mol. The highest BCUT2D eigenvalue weighted by molar-refractivity contribution is 5.49. The second kappa shape index (κ2) is 4.72. The summed E-state index contributed by atoms with van der Waals surface area (Å²) < 4.78 is 5.26. The molecule has 2 N–H and O–H groups in total. The van der Waals surface area contributed by atoms with Crippen LogP contribution in [0.15, 0.2) is 12.1 Å². The van der Waals surface area contributed by atoms with Crippen LogP contribution in [0.5, 0.6) is 11.5 Å². The predicted molar refractivity (Wildman–Crippen MR) is 60.6 cm³/mol. The lowest BCUT2D eigenvalue weighted by atomic mass is 10.1. The van der Waals surface area contributed by atoms with Crippen molar-refractivity contribution in [3.63, 3.8) is 0 Å². The van der Waals surface area contributed by atoms with Crippen molar-refractivity contribution in [1.82, 2.24) is 4.90 Å². The lowest BCUT2D eigenvalue weighted by molar-refractivity contribution is 0.0338. The Morgan fingerprint density at radius 3 is 2.56 bits per heavy atom. The van der Waals surface area contributed by atoms with Crippen LogP contribution in [0.3, 0.4) is 0 Å². The number of nitrogens with zero attached hydrogens (tertiary/aromatic N) is 1. The first-order valence-electron chi connectivity index (χ1n) is 5.49. The minimum absolute atomic E-state index is 0.00601. The maximum Gasteiger partial charge on any atom is 0.162 e. The normalized spacial score (nSPS) is 17.6. The van der Waals surface area contributed by atoms with E-state index in [0.717, 1.165) is 31.9 Å². The third-order valence-electron chi connectivity index (χ3n) is 2.93. The molecule has 2 rings (SSSR count). The van der Waals surface area contributed by atoms with Gasteiger partial charge in [-0.15, -0.1) is 0 Å². The Balaban J connectivity index is 2.11. The summed E-state index contributed by atoms with van der Waals surface area (Å²) in [4.78, 5) is 2.20. The number of hydrogen-bond donors (Lipinski definition) is 2. The standard InChI is InChI=1S/C12H17NO3/c1-9-2-3-10(12(15)11(9)14)8-13-4-6-16-7-5-13/h2-3,14-15H,4-8H2,1H3. The highest BCUT2D eigenvalue weighted by Gasteiger charge is 2.15. The van der Waals surface area contributed by atoms with Crippen molar-refractivity contribution >= 4 is 0 Å². The molecule has 0 amide bonds. The first kappa shape index (κ1) is 11.2. The molecule has 1 heterocycles. The van der Waals surface area contributed by atoms with Crippen LogP contribution in [0.4, 0.5) is 0 Å². The molecule has 0 saturated carbocycles. The molecule has 0 aliphatic carbocycles. The van der Waals surface area contributed by atoms with Crippen LogP contribution >= 0.6 is 0 Å². The number of aryl methyl sites for hydroxylation is 1. The zero-order valence-electron chi connectivity index (χ0n) is 9.44. The van der Waals surface area contributed by atoms with Gasteiger partial charge in [0.15, 0.2) is 11.5 Å². The Bertz CT molecular complexity index is 373. The zero-order valence-corrected chi connectivity index (χ0v) is 9.44. The zero-order chi connectivity index (χ0) is 11.5. The molecule has 4 heteroatoms. The first-order valence-corrected chi connectivity index (χ1v) is 5.49. The average Bonchev–Trinajstić information content (AvgIpc) is 2.31. The van der Waals surface area contributed by atoms with Gasteiger partial charge in [0.25, 0.3) is 0 Å². The summed E-state index contributed by atoms with van der Waals surface area (Å²) >= 11 is 0. The molecule has 0 bridgehead atoms. The van der Waals surface area contributed by atoms with Crippen LogP contribution < -0.4 is 0 Å². The summed E-state index contributed by atoms with van der Waals surface area (Å²) in [6.07, 6.45) is 0. The molecule has 0 aromatic heterocycles. The molecule has 0 atom stereocenters. The van der Waals surface area contributed by atoms with E-state index in [1.807, 2.05) is 12.1 Å². The highest BCUT2D eigenvalue weighted by Crippen LogP contribution is 2.32. The molecule has 1 aromatic rings. The Morgan fingerprint density at radius 2 is 1.88 bits per heavy atom. The number of rotatable bonds is 2. The van der Waals surface area contributed by atoms with E-state index in [1.165, 1.54) is 0 Å². The van der Waals surface area contributed by atoms with Gasteiger partial charge < -0.3 is 14.9 Å². The van der Waals surface area contributed by atoms with Crippen molar-refractivity contribution in [3.8, 4) is 11.5 Å². The van der Waals surface area contributed by atoms with Gasteiger partial charge in [-0.05, 0) is 12.5 Å². The van der Waals surface area contributed by atoms with E-state index in [1.54, 1.807) is 6.92 Å². The largest absolute Gasteiger partial charge is 0.504 e. The number of phenols is 2. The molecule has 0 unspecified atom stereocenters. The number of ether oxygens (including phenoxy) is 1. The Hall–Kier alpha value is -1.26. The minimum atomic E-state index is -0.00856. The molecule has 1 fully saturated rings. The summed E-state index contributed by atoms with van der Waals surface area (Å²) in [5, 5.41) is 19.4. The van der Waals surface area contributed by atoms with E-state index in [2.05, 4.69) is 4.90 Å². The van der Waals surface area contributed by atoms with Gasteiger partial charge in [0, 0.05) is 25.2 Å². The van der Waals surface area contributed by atoms with Gasteiger partial charge in [0.1, 0.15) is 0 Å². The van der Waals surface area contributed by atoms with Crippen LogP contribution in [0, 0.1) is 6.92 Å². The lowest BCUT2D eigenvalue weighted by Crippen LogP contribution is -2.35. The molecule has 1 aromatic carbocycles. The van der Waals surface area contributed by atoms with Gasteiger partial charge in [-0.25, -0.2) is 0 Å². The summed E-state index contributed by atoms with van der Waals surface area (Å²) in [7, 11) is 0. The van der Waals surface area contributed by atoms with Crippen molar-refractivity contribution in [2.75, 3.05) is 26.3 Å². The van der Waals surface area contributed by atoms with Gasteiger partial charge in [-0.1, -0.05) is 12.1 Å². The SMILES string of the molecule is Cc1ccc(CN2CCOCC2)c(O)c1O. The lowest BCUT2D eigenvalue weighted by Gasteiger charge is -2.26. The first-order chi connectivity index (χ1) is 7.68. The fourth-order valence-corrected chi connectivity index (χ4v) is 1.85. The predicted octanol–water partition coefficient (Wildman–Crippen LogP) is 1.24. The van der Waals surface area contributed by atoms with Crippen molar-refractivity contribution < 1.29 is 14.9 Å². The monoisotopic (exact) mass is 223 g/mol. The number of aromatic hydroxyl groups is 2. The van der Waals surface area contributed by atoms with E-state index in [4.69, 9.17) is 4.74 Å². The summed E-state index contributed by atoms with van der Waals surface area (Å²) in [5.74, 6) is -0.00255. The van der Waals surface area contributed by atoms with E-state index in [-0.39, 0.29) is 11.5 Å². The van der Waals surface area contributed by atoms with E-state index >= 15 is 0 Å². The van der Waals surface area contributed by atoms with E-state index in [0.29, 0.717) is 12.1 Å². The summed E-state index contributed by atoms with van der Waals surface area (Å²) in [5.41, 5.74) is 1.47. The quantitative estimate of drug-likeness (QED) is 0.741. The maximum atomic E-state index is 9.80. The van der Waals surface area contributed by atoms with Crippen molar-refractivity contribution in [3.05, 3.63) is 23.3 Å². The highest BCUT2D eigenvalue weighted by atomic mass is 16.5. The van der Waals surface area contributed by atoms with Crippen LogP contribution in [0.2, 0.25) is 0 Å². The Labute approximate surface area is 95.1 Å². The smallest absolute Gasteiger partial charge is 0.162 e. The molecule has 1 aliphatic rings. The molecule has 0 spiro atoms.